The van der Waals surface area contributed by atoms with Gasteiger partial charge in [0.1, 0.15) is 11.8 Å². The standard InChI is InChI=1S/C10H19FN2O2/c1-10(2,3)15-9(14)13-8-4-5-12-6-7(8)11/h7-8,12H,4-6H2,1-3H3,(H,13,14)/t7-,8?/m0/s1. The number of halogens is 1. The summed E-state index contributed by atoms with van der Waals surface area (Å²) in [5, 5.41) is 5.47. The van der Waals surface area contributed by atoms with Gasteiger partial charge in [-0.25, -0.2) is 9.18 Å². The van der Waals surface area contributed by atoms with Crippen molar-refractivity contribution in [2.75, 3.05) is 13.1 Å². The summed E-state index contributed by atoms with van der Waals surface area (Å²) in [5.41, 5.74) is -0.539. The third kappa shape index (κ3) is 4.46. The quantitative estimate of drug-likeness (QED) is 0.695. The summed E-state index contributed by atoms with van der Waals surface area (Å²) in [5.74, 6) is 0. The summed E-state index contributed by atoms with van der Waals surface area (Å²) in [7, 11) is 0. The Morgan fingerprint density at radius 3 is 2.73 bits per heavy atom. The minimum Gasteiger partial charge on any atom is -0.444 e. The lowest BCUT2D eigenvalue weighted by Gasteiger charge is -2.28. The molecule has 1 aliphatic heterocycles. The molecular formula is C10H19FN2O2. The van der Waals surface area contributed by atoms with Crippen molar-refractivity contribution in [3.63, 3.8) is 0 Å². The normalized spacial score (nSPS) is 27.2. The first-order chi connectivity index (χ1) is 6.88. The maximum absolute atomic E-state index is 13.3. The zero-order valence-electron chi connectivity index (χ0n) is 9.47. The Morgan fingerprint density at radius 2 is 2.20 bits per heavy atom. The lowest BCUT2D eigenvalue weighted by atomic mass is 10.1. The molecule has 0 saturated carbocycles. The summed E-state index contributed by atoms with van der Waals surface area (Å²) < 4.78 is 18.4. The van der Waals surface area contributed by atoms with E-state index in [1.54, 1.807) is 20.8 Å². The van der Waals surface area contributed by atoms with E-state index in [0.29, 0.717) is 13.0 Å². The Balaban J connectivity index is 2.36. The van der Waals surface area contributed by atoms with Crippen LogP contribution >= 0.6 is 0 Å². The van der Waals surface area contributed by atoms with Crippen molar-refractivity contribution >= 4 is 6.09 Å². The Labute approximate surface area is 89.6 Å². The molecule has 2 atom stereocenters. The molecule has 1 aliphatic rings. The number of nitrogens with one attached hydrogen (secondary N) is 2. The first-order valence-electron chi connectivity index (χ1n) is 5.23. The van der Waals surface area contributed by atoms with Crippen LogP contribution in [0, 0.1) is 0 Å². The minimum atomic E-state index is -1.04. The lowest BCUT2D eigenvalue weighted by Crippen LogP contribution is -2.51. The second-order valence-electron chi connectivity index (χ2n) is 4.76. The number of piperidine rings is 1. The van der Waals surface area contributed by atoms with Crippen molar-refractivity contribution < 1.29 is 13.9 Å². The van der Waals surface area contributed by atoms with Crippen LogP contribution in [-0.4, -0.2) is 37.0 Å². The Morgan fingerprint density at radius 1 is 1.53 bits per heavy atom. The average Bonchev–Trinajstić information content (AvgIpc) is 2.05. The van der Waals surface area contributed by atoms with E-state index in [-0.39, 0.29) is 0 Å². The highest BCUT2D eigenvalue weighted by atomic mass is 19.1. The zero-order valence-corrected chi connectivity index (χ0v) is 9.47. The molecule has 5 heteroatoms. The predicted octanol–water partition coefficient (Wildman–Crippen LogP) is 1.21. The number of carbonyl (C=O) groups is 1. The smallest absolute Gasteiger partial charge is 0.407 e. The van der Waals surface area contributed by atoms with E-state index in [4.69, 9.17) is 4.74 Å². The van der Waals surface area contributed by atoms with Gasteiger partial charge in [-0.05, 0) is 33.7 Å². The van der Waals surface area contributed by atoms with Gasteiger partial charge in [0.05, 0.1) is 6.04 Å². The molecular weight excluding hydrogens is 199 g/mol. The molecule has 1 saturated heterocycles. The molecule has 0 radical (unpaired) electrons. The minimum absolute atomic E-state index is 0.292. The number of carbonyl (C=O) groups excluding carboxylic acids is 1. The average molecular weight is 218 g/mol. The molecule has 0 bridgehead atoms. The van der Waals surface area contributed by atoms with E-state index in [1.165, 1.54) is 0 Å². The monoisotopic (exact) mass is 218 g/mol. The highest BCUT2D eigenvalue weighted by Crippen LogP contribution is 2.10. The van der Waals surface area contributed by atoms with Crippen LogP contribution in [0.3, 0.4) is 0 Å². The van der Waals surface area contributed by atoms with Crippen LogP contribution in [0.15, 0.2) is 0 Å². The molecule has 1 unspecified atom stereocenters. The number of ether oxygens (including phenoxy) is 1. The number of rotatable bonds is 1. The van der Waals surface area contributed by atoms with Crippen molar-refractivity contribution in [3.8, 4) is 0 Å². The van der Waals surface area contributed by atoms with E-state index in [9.17, 15) is 9.18 Å². The van der Waals surface area contributed by atoms with Gasteiger partial charge in [0.15, 0.2) is 0 Å². The van der Waals surface area contributed by atoms with E-state index in [1.807, 2.05) is 0 Å². The Hall–Kier alpha value is -0.840. The van der Waals surface area contributed by atoms with Gasteiger partial charge in [-0.3, -0.25) is 0 Å². The Kier molecular flexibility index (Phi) is 3.90. The van der Waals surface area contributed by atoms with Crippen molar-refractivity contribution in [1.82, 2.24) is 10.6 Å². The predicted molar refractivity (Wildman–Crippen MR) is 55.5 cm³/mol. The summed E-state index contributed by atoms with van der Waals surface area (Å²) in [4.78, 5) is 11.4. The summed E-state index contributed by atoms with van der Waals surface area (Å²) in [6.45, 7) is 6.35. The molecule has 0 spiro atoms. The van der Waals surface area contributed by atoms with Gasteiger partial charge >= 0.3 is 6.09 Å². The van der Waals surface area contributed by atoms with E-state index in [2.05, 4.69) is 10.6 Å². The molecule has 1 fully saturated rings. The van der Waals surface area contributed by atoms with Crippen LogP contribution in [-0.2, 0) is 4.74 Å². The number of alkyl carbamates (subject to hydrolysis) is 1. The van der Waals surface area contributed by atoms with Gasteiger partial charge in [0.2, 0.25) is 0 Å². The van der Waals surface area contributed by atoms with E-state index in [0.717, 1.165) is 6.54 Å². The molecule has 4 nitrogen and oxygen atoms in total. The number of hydrogen-bond acceptors (Lipinski definition) is 3. The highest BCUT2D eigenvalue weighted by Gasteiger charge is 2.27. The Bertz CT molecular complexity index is 228. The number of amides is 1. The fraction of sp³-hybridized carbons (Fsp3) is 0.900. The molecule has 2 N–H and O–H groups in total. The van der Waals surface area contributed by atoms with E-state index < -0.39 is 23.9 Å². The van der Waals surface area contributed by atoms with Crippen LogP contribution in [0.25, 0.3) is 0 Å². The molecule has 1 heterocycles. The molecule has 1 amide bonds. The van der Waals surface area contributed by atoms with Gasteiger partial charge in [0, 0.05) is 6.54 Å². The summed E-state index contributed by atoms with van der Waals surface area (Å²) in [6, 6.07) is -0.430. The van der Waals surface area contributed by atoms with Crippen molar-refractivity contribution in [1.29, 1.82) is 0 Å². The molecule has 0 aliphatic carbocycles. The van der Waals surface area contributed by atoms with Crippen LogP contribution < -0.4 is 10.6 Å². The first-order valence-corrected chi connectivity index (χ1v) is 5.23. The van der Waals surface area contributed by atoms with Gasteiger partial charge < -0.3 is 15.4 Å². The topological polar surface area (TPSA) is 50.4 Å². The third-order valence-electron chi connectivity index (χ3n) is 2.11. The van der Waals surface area contributed by atoms with Crippen LogP contribution in [0.4, 0.5) is 9.18 Å². The zero-order chi connectivity index (χ0) is 11.5. The van der Waals surface area contributed by atoms with E-state index >= 15 is 0 Å². The molecule has 0 aromatic carbocycles. The highest BCUT2D eigenvalue weighted by molar-refractivity contribution is 5.68. The molecule has 0 aromatic heterocycles. The van der Waals surface area contributed by atoms with Gasteiger partial charge in [-0.15, -0.1) is 0 Å². The van der Waals surface area contributed by atoms with Crippen LogP contribution in [0.1, 0.15) is 27.2 Å². The maximum Gasteiger partial charge on any atom is 0.407 e. The third-order valence-corrected chi connectivity index (χ3v) is 2.11. The lowest BCUT2D eigenvalue weighted by molar-refractivity contribution is 0.0458. The summed E-state index contributed by atoms with van der Waals surface area (Å²) >= 11 is 0. The second-order valence-corrected chi connectivity index (χ2v) is 4.76. The van der Waals surface area contributed by atoms with Gasteiger partial charge in [0.25, 0.3) is 0 Å². The second kappa shape index (κ2) is 4.79. The maximum atomic E-state index is 13.3. The molecule has 15 heavy (non-hydrogen) atoms. The van der Waals surface area contributed by atoms with Gasteiger partial charge in [-0.1, -0.05) is 0 Å². The molecule has 0 aromatic rings. The van der Waals surface area contributed by atoms with Crippen molar-refractivity contribution in [2.24, 2.45) is 0 Å². The van der Waals surface area contributed by atoms with Crippen LogP contribution in [0.5, 0.6) is 0 Å². The van der Waals surface area contributed by atoms with Crippen molar-refractivity contribution in [2.45, 2.75) is 45.0 Å². The molecule has 88 valence electrons. The molecule has 1 rings (SSSR count). The number of hydrogen-bond donors (Lipinski definition) is 2. The SMILES string of the molecule is CC(C)(C)OC(=O)NC1CCNC[C@@H]1F. The fourth-order valence-electron chi connectivity index (χ4n) is 1.44. The largest absolute Gasteiger partial charge is 0.444 e. The number of alkyl halides is 1. The fourth-order valence-corrected chi connectivity index (χ4v) is 1.44. The first kappa shape index (κ1) is 12.2. The van der Waals surface area contributed by atoms with Crippen molar-refractivity contribution in [3.05, 3.63) is 0 Å². The van der Waals surface area contributed by atoms with Gasteiger partial charge in [-0.2, -0.15) is 0 Å². The van der Waals surface area contributed by atoms with Crippen LogP contribution in [0.2, 0.25) is 0 Å². The summed E-state index contributed by atoms with van der Waals surface area (Å²) in [6.07, 6.45) is -0.983.